The minimum Gasteiger partial charge on any atom is -0.479 e. The maximum absolute atomic E-state index is 10.3. The average molecular weight is 144 g/mol. The van der Waals surface area contributed by atoms with E-state index in [0.717, 1.165) is 12.8 Å². The van der Waals surface area contributed by atoms with Crippen molar-refractivity contribution in [2.45, 2.75) is 38.4 Å². The zero-order chi connectivity index (χ0) is 7.78. The SMILES string of the molecule is CCCC1(C)OC1C(=O)O. The van der Waals surface area contributed by atoms with Gasteiger partial charge in [-0.3, -0.25) is 0 Å². The van der Waals surface area contributed by atoms with Gasteiger partial charge in [-0.2, -0.15) is 0 Å². The molecule has 0 aromatic rings. The number of ether oxygens (including phenoxy) is 1. The Kier molecular flexibility index (Phi) is 1.68. The van der Waals surface area contributed by atoms with E-state index < -0.39 is 12.1 Å². The van der Waals surface area contributed by atoms with E-state index in [9.17, 15) is 4.79 Å². The molecule has 2 unspecified atom stereocenters. The predicted molar refractivity (Wildman–Crippen MR) is 35.8 cm³/mol. The summed E-state index contributed by atoms with van der Waals surface area (Å²) in [4.78, 5) is 10.3. The van der Waals surface area contributed by atoms with Crippen LogP contribution in [0.5, 0.6) is 0 Å². The van der Waals surface area contributed by atoms with Crippen LogP contribution in [0.1, 0.15) is 26.7 Å². The molecule has 58 valence electrons. The fourth-order valence-electron chi connectivity index (χ4n) is 1.23. The summed E-state index contributed by atoms with van der Waals surface area (Å²) in [6, 6.07) is 0. The fourth-order valence-corrected chi connectivity index (χ4v) is 1.23. The Bertz CT molecular complexity index is 155. The maximum atomic E-state index is 10.3. The zero-order valence-corrected chi connectivity index (χ0v) is 6.26. The number of rotatable bonds is 3. The molecular formula is C7H12O3. The lowest BCUT2D eigenvalue weighted by Gasteiger charge is -1.99. The minimum atomic E-state index is -0.837. The topological polar surface area (TPSA) is 49.8 Å². The van der Waals surface area contributed by atoms with Gasteiger partial charge in [-0.25, -0.2) is 4.79 Å². The van der Waals surface area contributed by atoms with E-state index in [-0.39, 0.29) is 5.60 Å². The van der Waals surface area contributed by atoms with Crippen molar-refractivity contribution in [2.75, 3.05) is 0 Å². The predicted octanol–water partition coefficient (Wildman–Crippen LogP) is 1.03. The second-order valence-corrected chi connectivity index (χ2v) is 2.90. The highest BCUT2D eigenvalue weighted by Gasteiger charge is 2.56. The Balaban J connectivity index is 2.40. The minimum absolute atomic E-state index is 0.361. The van der Waals surface area contributed by atoms with Crippen molar-refractivity contribution in [1.82, 2.24) is 0 Å². The van der Waals surface area contributed by atoms with Crippen molar-refractivity contribution in [3.8, 4) is 0 Å². The van der Waals surface area contributed by atoms with Crippen molar-refractivity contribution >= 4 is 5.97 Å². The van der Waals surface area contributed by atoms with Crippen LogP contribution in [0.15, 0.2) is 0 Å². The van der Waals surface area contributed by atoms with Gasteiger partial charge in [0.05, 0.1) is 0 Å². The molecule has 0 bridgehead atoms. The molecule has 0 aliphatic carbocycles. The quantitative estimate of drug-likeness (QED) is 0.602. The van der Waals surface area contributed by atoms with Crippen LogP contribution in [0.4, 0.5) is 0 Å². The van der Waals surface area contributed by atoms with Crippen molar-refractivity contribution in [3.05, 3.63) is 0 Å². The Morgan fingerprint density at radius 1 is 1.80 bits per heavy atom. The largest absolute Gasteiger partial charge is 0.479 e. The summed E-state index contributed by atoms with van der Waals surface area (Å²) >= 11 is 0. The Morgan fingerprint density at radius 2 is 2.40 bits per heavy atom. The van der Waals surface area contributed by atoms with Crippen molar-refractivity contribution in [1.29, 1.82) is 0 Å². The van der Waals surface area contributed by atoms with Crippen molar-refractivity contribution in [3.63, 3.8) is 0 Å². The lowest BCUT2D eigenvalue weighted by Crippen LogP contribution is -2.16. The highest BCUT2D eigenvalue weighted by Crippen LogP contribution is 2.40. The van der Waals surface area contributed by atoms with Gasteiger partial charge in [0, 0.05) is 0 Å². The van der Waals surface area contributed by atoms with Crippen LogP contribution in [-0.2, 0) is 9.53 Å². The Morgan fingerprint density at radius 3 is 2.70 bits per heavy atom. The van der Waals surface area contributed by atoms with Gasteiger partial charge in [-0.05, 0) is 13.3 Å². The second-order valence-electron chi connectivity index (χ2n) is 2.90. The molecule has 0 spiro atoms. The number of epoxide rings is 1. The molecule has 10 heavy (non-hydrogen) atoms. The van der Waals surface area contributed by atoms with E-state index in [1.54, 1.807) is 0 Å². The third kappa shape index (κ3) is 1.14. The lowest BCUT2D eigenvalue weighted by atomic mass is 10.0. The maximum Gasteiger partial charge on any atom is 0.335 e. The smallest absolute Gasteiger partial charge is 0.335 e. The van der Waals surface area contributed by atoms with Gasteiger partial charge in [-0.1, -0.05) is 13.3 Å². The molecule has 0 radical (unpaired) electrons. The summed E-state index contributed by atoms with van der Waals surface area (Å²) in [6.07, 6.45) is 1.26. The van der Waals surface area contributed by atoms with Gasteiger partial charge in [0.2, 0.25) is 0 Å². The molecular weight excluding hydrogens is 132 g/mol. The fraction of sp³-hybridized carbons (Fsp3) is 0.857. The van der Waals surface area contributed by atoms with E-state index in [4.69, 9.17) is 9.84 Å². The number of carbonyl (C=O) groups is 1. The van der Waals surface area contributed by atoms with Crippen molar-refractivity contribution in [2.24, 2.45) is 0 Å². The highest BCUT2D eigenvalue weighted by molar-refractivity contribution is 5.77. The summed E-state index contributed by atoms with van der Waals surface area (Å²) in [5, 5.41) is 8.49. The van der Waals surface area contributed by atoms with Gasteiger partial charge in [0.25, 0.3) is 0 Å². The number of aliphatic carboxylic acids is 1. The van der Waals surface area contributed by atoms with Gasteiger partial charge in [0.1, 0.15) is 5.60 Å². The van der Waals surface area contributed by atoms with E-state index in [1.165, 1.54) is 0 Å². The third-order valence-electron chi connectivity index (χ3n) is 1.86. The first kappa shape index (κ1) is 7.54. The molecule has 1 saturated heterocycles. The first-order valence-corrected chi connectivity index (χ1v) is 3.51. The van der Waals surface area contributed by atoms with Crippen LogP contribution < -0.4 is 0 Å². The lowest BCUT2D eigenvalue weighted by molar-refractivity contribution is -0.138. The molecule has 0 amide bonds. The van der Waals surface area contributed by atoms with Gasteiger partial charge < -0.3 is 9.84 Å². The molecule has 0 aromatic heterocycles. The molecule has 1 heterocycles. The number of hydrogen-bond donors (Lipinski definition) is 1. The van der Waals surface area contributed by atoms with Crippen molar-refractivity contribution < 1.29 is 14.6 Å². The molecule has 1 N–H and O–H groups in total. The van der Waals surface area contributed by atoms with Crippen LogP contribution in [0.25, 0.3) is 0 Å². The third-order valence-corrected chi connectivity index (χ3v) is 1.86. The molecule has 3 heteroatoms. The number of carboxylic acid groups (broad SMARTS) is 1. The summed E-state index contributed by atoms with van der Waals surface area (Å²) in [5.74, 6) is -0.837. The molecule has 0 saturated carbocycles. The van der Waals surface area contributed by atoms with E-state index in [0.29, 0.717) is 0 Å². The summed E-state index contributed by atoms with van der Waals surface area (Å²) in [5.41, 5.74) is -0.361. The molecule has 2 atom stereocenters. The van der Waals surface area contributed by atoms with Crippen LogP contribution >= 0.6 is 0 Å². The summed E-state index contributed by atoms with van der Waals surface area (Å²) in [7, 11) is 0. The van der Waals surface area contributed by atoms with Gasteiger partial charge in [0.15, 0.2) is 6.10 Å². The molecule has 3 nitrogen and oxygen atoms in total. The molecule has 0 aromatic carbocycles. The normalized spacial score (nSPS) is 37.6. The Hall–Kier alpha value is -0.570. The first-order valence-electron chi connectivity index (χ1n) is 3.51. The molecule has 1 fully saturated rings. The zero-order valence-electron chi connectivity index (χ0n) is 6.26. The van der Waals surface area contributed by atoms with Crippen LogP contribution in [0.2, 0.25) is 0 Å². The van der Waals surface area contributed by atoms with E-state index >= 15 is 0 Å². The van der Waals surface area contributed by atoms with Crippen LogP contribution in [0, 0.1) is 0 Å². The summed E-state index contributed by atoms with van der Waals surface area (Å²) < 4.78 is 5.01. The second kappa shape index (κ2) is 2.23. The van der Waals surface area contributed by atoms with E-state index in [2.05, 4.69) is 0 Å². The number of hydrogen-bond acceptors (Lipinski definition) is 2. The standard InChI is InChI=1S/C7H12O3/c1-3-4-7(2)5(10-7)6(8)9/h5H,3-4H2,1-2H3,(H,8,9). The molecule has 1 rings (SSSR count). The van der Waals surface area contributed by atoms with Gasteiger partial charge >= 0.3 is 5.97 Å². The Labute approximate surface area is 60.0 Å². The summed E-state index contributed by atoms with van der Waals surface area (Å²) in [6.45, 7) is 3.86. The average Bonchev–Trinajstić information content (AvgIpc) is 2.43. The molecule has 1 aliphatic heterocycles. The van der Waals surface area contributed by atoms with Crippen LogP contribution in [0.3, 0.4) is 0 Å². The number of carboxylic acids is 1. The van der Waals surface area contributed by atoms with Crippen LogP contribution in [-0.4, -0.2) is 22.8 Å². The van der Waals surface area contributed by atoms with Gasteiger partial charge in [-0.15, -0.1) is 0 Å². The highest BCUT2D eigenvalue weighted by atomic mass is 16.6. The monoisotopic (exact) mass is 144 g/mol. The first-order chi connectivity index (χ1) is 4.60. The molecule has 1 aliphatic rings. The van der Waals surface area contributed by atoms with E-state index in [1.807, 2.05) is 13.8 Å².